The Morgan fingerprint density at radius 1 is 0.838 bits per heavy atom. The minimum Gasteiger partial charge on any atom is -0.480 e. The van der Waals surface area contributed by atoms with Crippen LogP contribution in [-0.2, 0) is 28.7 Å². The molecule has 3 atom stereocenters. The average Bonchev–Trinajstić information content (AvgIpc) is 2.80. The summed E-state index contributed by atoms with van der Waals surface area (Å²) in [6.45, 7) is 3.36. The molecule has 0 aromatic rings. The molecule has 0 saturated carbocycles. The number of carboxylic acids is 1. The molecule has 0 rings (SSSR count). The Balaban J connectivity index is 0. The van der Waals surface area contributed by atoms with Gasteiger partial charge in [-0.25, -0.2) is 9.59 Å². The monoisotopic (exact) mass is 549 g/mol. The van der Waals surface area contributed by atoms with Crippen molar-refractivity contribution in [2.75, 3.05) is 26.0 Å². The number of thiol groups is 1. The maximum atomic E-state index is 12.0. The van der Waals surface area contributed by atoms with Crippen LogP contribution in [0.5, 0.6) is 0 Å². The Labute approximate surface area is 220 Å². The molecule has 0 aliphatic carbocycles. The van der Waals surface area contributed by atoms with Gasteiger partial charge in [-0.3, -0.25) is 25.2 Å². The van der Waals surface area contributed by atoms with Gasteiger partial charge in [0.1, 0.15) is 18.1 Å². The molecule has 16 nitrogen and oxygen atoms in total. The number of amides is 3. The van der Waals surface area contributed by atoms with E-state index in [1.807, 2.05) is 0 Å². The molecule has 0 aromatic carbocycles. The van der Waals surface area contributed by atoms with Crippen molar-refractivity contribution in [1.82, 2.24) is 26.6 Å². The second-order valence-corrected chi connectivity index (χ2v) is 7.94. The molecular weight excluding hydrogens is 510 g/mol. The summed E-state index contributed by atoms with van der Waals surface area (Å²) in [5.74, 6) is -3.12. The predicted molar refractivity (Wildman–Crippen MR) is 139 cm³/mol. The van der Waals surface area contributed by atoms with Crippen LogP contribution in [0.25, 0.3) is 0 Å². The molecule has 0 heterocycles. The minimum absolute atomic E-state index is 0.102. The molecule has 0 aliphatic rings. The summed E-state index contributed by atoms with van der Waals surface area (Å²) in [5.41, 5.74) is 10.2. The highest BCUT2D eigenvalue weighted by atomic mass is 32.1. The first kappa shape index (κ1) is 35.4. The Bertz CT molecular complexity index is 798. The number of nitrogens with one attached hydrogen (secondary N) is 7. The minimum atomic E-state index is -1.06. The number of carbonyl (C=O) groups is 5. The third-order valence-electron chi connectivity index (χ3n) is 4.32. The summed E-state index contributed by atoms with van der Waals surface area (Å²) in [5, 5.41) is 35.0. The molecule has 0 aliphatic heterocycles. The third-order valence-corrected chi connectivity index (χ3v) is 4.69. The molecule has 3 unspecified atom stereocenters. The van der Waals surface area contributed by atoms with E-state index in [9.17, 15) is 24.0 Å². The Morgan fingerprint density at radius 2 is 1.27 bits per heavy atom. The van der Waals surface area contributed by atoms with Gasteiger partial charge in [0.15, 0.2) is 11.9 Å². The van der Waals surface area contributed by atoms with Gasteiger partial charge in [0.25, 0.3) is 0 Å². The van der Waals surface area contributed by atoms with Crippen molar-refractivity contribution in [2.24, 2.45) is 11.5 Å². The second kappa shape index (κ2) is 20.4. The Hall–Kier alpha value is -3.76. The fourth-order valence-corrected chi connectivity index (χ4v) is 2.92. The van der Waals surface area contributed by atoms with Crippen molar-refractivity contribution in [3.63, 3.8) is 0 Å². The van der Waals surface area contributed by atoms with Crippen LogP contribution in [0.1, 0.15) is 39.5 Å². The number of rotatable bonds is 15. The standard InChI is InChI=1S/C12H23N5O4S.C8H16N4O3/c1-7(18)16-9(6-22)10(19)17-8(11(20)21-2)4-3-5-15-12(13)14;1-5(13)12-6(7(14)15)3-2-4-11-8(9)10/h8-9,22H,3-6H2,1-2H3,(H,16,18)(H,17,19)(H4,13,14,15);6H,2-4H2,1H3,(H,12,13)(H,14,15)(H4,9,10,11). The summed E-state index contributed by atoms with van der Waals surface area (Å²) >= 11 is 4.00. The zero-order valence-corrected chi connectivity index (χ0v) is 22.1. The number of guanidine groups is 2. The molecule has 0 spiro atoms. The van der Waals surface area contributed by atoms with E-state index >= 15 is 0 Å². The van der Waals surface area contributed by atoms with E-state index < -0.39 is 36.0 Å². The number of esters is 1. The van der Waals surface area contributed by atoms with Crippen molar-refractivity contribution in [2.45, 2.75) is 57.7 Å². The first-order chi connectivity index (χ1) is 17.2. The second-order valence-electron chi connectivity index (χ2n) is 7.58. The molecule has 0 radical (unpaired) electrons. The number of methoxy groups -OCH3 is 1. The van der Waals surface area contributed by atoms with Crippen LogP contribution in [0.2, 0.25) is 0 Å². The number of aliphatic carboxylic acids is 1. The zero-order valence-electron chi connectivity index (χ0n) is 21.2. The van der Waals surface area contributed by atoms with Gasteiger partial charge < -0.3 is 47.9 Å². The number of hydrogen-bond acceptors (Lipinski definition) is 9. The molecule has 0 saturated heterocycles. The number of carboxylic acid groups (broad SMARTS) is 1. The fraction of sp³-hybridized carbons (Fsp3) is 0.650. The molecule has 0 aromatic heterocycles. The summed E-state index contributed by atoms with van der Waals surface area (Å²) in [6, 6.07) is -2.55. The quantitative estimate of drug-likeness (QED) is 0.0326. The number of hydrogen-bond donors (Lipinski definition) is 11. The summed E-state index contributed by atoms with van der Waals surface area (Å²) < 4.78 is 4.64. The van der Waals surface area contributed by atoms with E-state index in [1.54, 1.807) is 0 Å². The van der Waals surface area contributed by atoms with Crippen LogP contribution >= 0.6 is 12.6 Å². The van der Waals surface area contributed by atoms with Crippen molar-refractivity contribution >= 4 is 54.2 Å². The van der Waals surface area contributed by atoms with Crippen LogP contribution < -0.4 is 38.1 Å². The van der Waals surface area contributed by atoms with Gasteiger partial charge in [0.2, 0.25) is 17.7 Å². The number of ether oxygens (including phenoxy) is 1. The van der Waals surface area contributed by atoms with Crippen LogP contribution in [0, 0.1) is 10.8 Å². The van der Waals surface area contributed by atoms with Gasteiger partial charge in [-0.05, 0) is 25.7 Å². The van der Waals surface area contributed by atoms with E-state index in [0.29, 0.717) is 38.8 Å². The van der Waals surface area contributed by atoms with Gasteiger partial charge >= 0.3 is 11.9 Å². The highest BCUT2D eigenvalue weighted by Gasteiger charge is 2.25. The maximum absolute atomic E-state index is 12.0. The van der Waals surface area contributed by atoms with Gasteiger partial charge in [0, 0.05) is 32.7 Å². The SMILES string of the molecule is CC(=O)NC(CCCNC(=N)N)C(=O)O.COC(=O)C(CCCNC(=N)N)NC(=O)C(CS)NC(C)=O. The average molecular weight is 550 g/mol. The van der Waals surface area contributed by atoms with E-state index in [-0.39, 0.29) is 29.5 Å². The third kappa shape index (κ3) is 20.2. The summed E-state index contributed by atoms with van der Waals surface area (Å²) in [6.07, 6.45) is 1.61. The van der Waals surface area contributed by atoms with E-state index in [2.05, 4.69) is 43.9 Å². The Morgan fingerprint density at radius 3 is 1.62 bits per heavy atom. The summed E-state index contributed by atoms with van der Waals surface area (Å²) in [7, 11) is 1.22. The largest absolute Gasteiger partial charge is 0.480 e. The normalized spacial score (nSPS) is 12.2. The molecule has 37 heavy (non-hydrogen) atoms. The van der Waals surface area contributed by atoms with Crippen LogP contribution in [0.4, 0.5) is 0 Å². The highest BCUT2D eigenvalue weighted by Crippen LogP contribution is 2.01. The molecular formula is C20H39N9O7S. The van der Waals surface area contributed by atoms with Gasteiger partial charge in [0.05, 0.1) is 7.11 Å². The highest BCUT2D eigenvalue weighted by molar-refractivity contribution is 7.80. The first-order valence-corrected chi connectivity index (χ1v) is 11.8. The molecule has 12 N–H and O–H groups in total. The molecule has 17 heteroatoms. The van der Waals surface area contributed by atoms with E-state index in [1.165, 1.54) is 21.0 Å². The van der Waals surface area contributed by atoms with Gasteiger partial charge in [-0.1, -0.05) is 0 Å². The lowest BCUT2D eigenvalue weighted by Crippen LogP contribution is -2.52. The number of nitrogens with two attached hydrogens (primary N) is 2. The lowest BCUT2D eigenvalue weighted by Gasteiger charge is -2.20. The van der Waals surface area contributed by atoms with Gasteiger partial charge in [-0.15, -0.1) is 0 Å². The first-order valence-electron chi connectivity index (χ1n) is 11.2. The molecule has 0 fully saturated rings. The van der Waals surface area contributed by atoms with Crippen molar-refractivity contribution < 1.29 is 33.8 Å². The molecule has 0 bridgehead atoms. The topological polar surface area (TPSA) is 275 Å². The van der Waals surface area contributed by atoms with E-state index in [4.69, 9.17) is 27.4 Å². The van der Waals surface area contributed by atoms with Crippen molar-refractivity contribution in [3.05, 3.63) is 0 Å². The summed E-state index contributed by atoms with van der Waals surface area (Å²) in [4.78, 5) is 56.0. The zero-order chi connectivity index (χ0) is 29.0. The maximum Gasteiger partial charge on any atom is 0.328 e. The fourth-order valence-electron chi connectivity index (χ4n) is 2.66. The van der Waals surface area contributed by atoms with Crippen LogP contribution in [-0.4, -0.2) is 90.8 Å². The van der Waals surface area contributed by atoms with E-state index in [0.717, 1.165) is 0 Å². The van der Waals surface area contributed by atoms with Crippen LogP contribution in [0.3, 0.4) is 0 Å². The predicted octanol–water partition coefficient (Wildman–Crippen LogP) is -2.82. The molecule has 212 valence electrons. The van der Waals surface area contributed by atoms with Crippen molar-refractivity contribution in [3.8, 4) is 0 Å². The lowest BCUT2D eigenvalue weighted by atomic mass is 10.1. The van der Waals surface area contributed by atoms with Gasteiger partial charge in [-0.2, -0.15) is 12.6 Å². The molecule has 3 amide bonds. The number of carbonyl (C=O) groups excluding carboxylic acids is 4. The lowest BCUT2D eigenvalue weighted by molar-refractivity contribution is -0.145. The smallest absolute Gasteiger partial charge is 0.328 e. The van der Waals surface area contributed by atoms with Crippen LogP contribution in [0.15, 0.2) is 0 Å². The van der Waals surface area contributed by atoms with Crippen molar-refractivity contribution in [1.29, 1.82) is 10.8 Å². The Kier molecular flexibility index (Phi) is 19.6.